The predicted molar refractivity (Wildman–Crippen MR) is 81.5 cm³/mol. The number of hydrogen-bond acceptors (Lipinski definition) is 3. The van der Waals surface area contributed by atoms with Crippen molar-refractivity contribution in [3.63, 3.8) is 0 Å². The van der Waals surface area contributed by atoms with Crippen LogP contribution in [0.4, 0.5) is 5.69 Å². The Hall–Kier alpha value is -1.27. The van der Waals surface area contributed by atoms with Crippen molar-refractivity contribution >= 4 is 33.2 Å². The van der Waals surface area contributed by atoms with Crippen LogP contribution in [0.25, 0.3) is 0 Å². The molecule has 0 spiro atoms. The summed E-state index contributed by atoms with van der Waals surface area (Å²) in [5.74, 6) is -0.266. The number of likely N-dealkylation sites (N-methyl/N-ethyl adjacent to an activating group) is 1. The molecule has 112 valence electrons. The Morgan fingerprint density at radius 1 is 1.35 bits per heavy atom. The largest absolute Gasteiger partial charge is 0.347 e. The van der Waals surface area contributed by atoms with Gasteiger partial charge in [-0.15, -0.1) is 0 Å². The van der Waals surface area contributed by atoms with Gasteiger partial charge in [0.05, 0.1) is 11.9 Å². The van der Waals surface area contributed by atoms with Crippen LogP contribution in [-0.4, -0.2) is 45.6 Å². The lowest BCUT2D eigenvalue weighted by atomic mass is 10.2. The molecular formula is C13H19ClN2O3S. The fourth-order valence-electron chi connectivity index (χ4n) is 1.95. The Labute approximate surface area is 125 Å². The molecule has 1 aromatic carbocycles. The van der Waals surface area contributed by atoms with Gasteiger partial charge in [0.1, 0.15) is 6.04 Å². The van der Waals surface area contributed by atoms with Gasteiger partial charge in [0.15, 0.2) is 0 Å². The quantitative estimate of drug-likeness (QED) is 0.834. The number of amides is 1. The monoisotopic (exact) mass is 318 g/mol. The number of rotatable bonds is 5. The zero-order valence-corrected chi connectivity index (χ0v) is 13.6. The SMILES string of the molecule is CCC(C(=O)N(C)C)N(c1cccc(Cl)c1)S(C)(=O)=O. The number of benzene rings is 1. The third-order valence-electron chi connectivity index (χ3n) is 2.82. The van der Waals surface area contributed by atoms with E-state index in [4.69, 9.17) is 11.6 Å². The number of carbonyl (C=O) groups is 1. The summed E-state index contributed by atoms with van der Waals surface area (Å²) in [6.45, 7) is 1.77. The summed E-state index contributed by atoms with van der Waals surface area (Å²) in [4.78, 5) is 13.6. The standard InChI is InChI=1S/C13H19ClN2O3S/c1-5-12(13(17)15(2)3)16(20(4,18)19)11-8-6-7-10(14)9-11/h6-9,12H,5H2,1-4H3. The summed E-state index contributed by atoms with van der Waals surface area (Å²) in [5, 5.41) is 0.420. The molecule has 1 atom stereocenters. The molecule has 1 unspecified atom stereocenters. The van der Waals surface area contributed by atoms with Gasteiger partial charge in [0.2, 0.25) is 15.9 Å². The highest BCUT2D eigenvalue weighted by Crippen LogP contribution is 2.25. The molecule has 5 nitrogen and oxygen atoms in total. The summed E-state index contributed by atoms with van der Waals surface area (Å²) in [7, 11) is -0.396. The first-order valence-corrected chi connectivity index (χ1v) is 8.37. The van der Waals surface area contributed by atoms with Crippen LogP contribution in [0.2, 0.25) is 5.02 Å². The van der Waals surface area contributed by atoms with Crippen molar-refractivity contribution in [2.24, 2.45) is 0 Å². The van der Waals surface area contributed by atoms with Crippen LogP contribution in [0.1, 0.15) is 13.3 Å². The molecular weight excluding hydrogens is 300 g/mol. The number of sulfonamides is 1. The lowest BCUT2D eigenvalue weighted by Crippen LogP contribution is -2.48. The Morgan fingerprint density at radius 2 is 1.95 bits per heavy atom. The van der Waals surface area contributed by atoms with E-state index in [0.29, 0.717) is 17.1 Å². The van der Waals surface area contributed by atoms with Crippen LogP contribution >= 0.6 is 11.6 Å². The first kappa shape index (κ1) is 16.8. The summed E-state index contributed by atoms with van der Waals surface area (Å²) >= 11 is 5.91. The van der Waals surface area contributed by atoms with Crippen LogP contribution in [-0.2, 0) is 14.8 Å². The maximum Gasteiger partial charge on any atom is 0.245 e. The van der Waals surface area contributed by atoms with E-state index < -0.39 is 16.1 Å². The Bertz CT molecular complexity index is 587. The zero-order chi connectivity index (χ0) is 15.5. The molecule has 1 amide bonds. The first-order valence-electron chi connectivity index (χ1n) is 6.14. The fraction of sp³-hybridized carbons (Fsp3) is 0.462. The molecule has 0 aliphatic carbocycles. The Balaban J connectivity index is 3.36. The van der Waals surface area contributed by atoms with Crippen molar-refractivity contribution in [3.05, 3.63) is 29.3 Å². The molecule has 0 saturated carbocycles. The van der Waals surface area contributed by atoms with Crippen molar-refractivity contribution < 1.29 is 13.2 Å². The minimum Gasteiger partial charge on any atom is -0.347 e. The van der Waals surface area contributed by atoms with Gasteiger partial charge in [0, 0.05) is 19.1 Å². The van der Waals surface area contributed by atoms with Gasteiger partial charge in [0.25, 0.3) is 0 Å². The predicted octanol–water partition coefficient (Wildman–Crippen LogP) is 1.97. The van der Waals surface area contributed by atoms with Crippen LogP contribution < -0.4 is 4.31 Å². The minimum absolute atomic E-state index is 0.266. The van der Waals surface area contributed by atoms with Crippen LogP contribution in [0.3, 0.4) is 0 Å². The molecule has 0 radical (unpaired) electrons. The van der Waals surface area contributed by atoms with Crippen molar-refractivity contribution in [3.8, 4) is 0 Å². The maximum absolute atomic E-state index is 12.2. The number of carbonyl (C=O) groups excluding carboxylic acids is 1. The highest BCUT2D eigenvalue weighted by molar-refractivity contribution is 7.92. The minimum atomic E-state index is -3.60. The van der Waals surface area contributed by atoms with Crippen molar-refractivity contribution in [2.45, 2.75) is 19.4 Å². The van der Waals surface area contributed by atoms with Gasteiger partial charge >= 0.3 is 0 Å². The van der Waals surface area contributed by atoms with Gasteiger partial charge in [-0.2, -0.15) is 0 Å². The normalized spacial score (nSPS) is 12.8. The molecule has 0 heterocycles. The maximum atomic E-state index is 12.2. The third-order valence-corrected chi connectivity index (χ3v) is 4.23. The summed E-state index contributed by atoms with van der Waals surface area (Å²) < 4.78 is 25.3. The Kier molecular flexibility index (Phi) is 5.42. The van der Waals surface area contributed by atoms with Gasteiger partial charge in [-0.1, -0.05) is 24.6 Å². The van der Waals surface area contributed by atoms with Gasteiger partial charge in [-0.25, -0.2) is 8.42 Å². The fourth-order valence-corrected chi connectivity index (χ4v) is 3.34. The van der Waals surface area contributed by atoms with E-state index >= 15 is 0 Å². The molecule has 0 fully saturated rings. The topological polar surface area (TPSA) is 57.7 Å². The van der Waals surface area contributed by atoms with Gasteiger partial charge in [-0.05, 0) is 24.6 Å². The molecule has 1 rings (SSSR count). The summed E-state index contributed by atoms with van der Waals surface area (Å²) in [6, 6.07) is 5.69. The van der Waals surface area contributed by atoms with Crippen LogP contribution in [0.5, 0.6) is 0 Å². The van der Waals surface area contributed by atoms with E-state index in [-0.39, 0.29) is 5.91 Å². The van der Waals surface area contributed by atoms with E-state index in [1.165, 1.54) is 11.0 Å². The average Bonchev–Trinajstić information content (AvgIpc) is 2.33. The lowest BCUT2D eigenvalue weighted by molar-refractivity contribution is -0.129. The highest BCUT2D eigenvalue weighted by atomic mass is 35.5. The van der Waals surface area contributed by atoms with Crippen LogP contribution in [0, 0.1) is 0 Å². The Morgan fingerprint density at radius 3 is 2.35 bits per heavy atom. The molecule has 0 aliphatic rings. The lowest BCUT2D eigenvalue weighted by Gasteiger charge is -2.31. The summed E-state index contributed by atoms with van der Waals surface area (Å²) in [5.41, 5.74) is 0.391. The van der Waals surface area contributed by atoms with Crippen molar-refractivity contribution in [1.29, 1.82) is 0 Å². The van der Waals surface area contributed by atoms with Crippen molar-refractivity contribution in [2.75, 3.05) is 24.7 Å². The third kappa shape index (κ3) is 3.86. The highest BCUT2D eigenvalue weighted by Gasteiger charge is 2.32. The second-order valence-electron chi connectivity index (χ2n) is 4.70. The molecule has 1 aromatic rings. The first-order chi connectivity index (χ1) is 9.18. The molecule has 0 N–H and O–H groups in total. The van der Waals surface area contributed by atoms with Gasteiger partial charge < -0.3 is 4.90 Å². The number of hydrogen-bond donors (Lipinski definition) is 0. The van der Waals surface area contributed by atoms with E-state index in [9.17, 15) is 13.2 Å². The molecule has 20 heavy (non-hydrogen) atoms. The zero-order valence-electron chi connectivity index (χ0n) is 12.0. The van der Waals surface area contributed by atoms with E-state index in [1.54, 1.807) is 39.2 Å². The molecule has 0 aromatic heterocycles. The molecule has 0 saturated heterocycles. The number of nitrogens with zero attached hydrogens (tertiary/aromatic N) is 2. The van der Waals surface area contributed by atoms with E-state index in [1.807, 2.05) is 0 Å². The summed E-state index contributed by atoms with van der Waals surface area (Å²) in [6.07, 6.45) is 1.45. The number of halogens is 1. The van der Waals surface area contributed by atoms with Crippen molar-refractivity contribution in [1.82, 2.24) is 4.90 Å². The second-order valence-corrected chi connectivity index (χ2v) is 6.99. The van der Waals surface area contributed by atoms with E-state index in [2.05, 4.69) is 0 Å². The smallest absolute Gasteiger partial charge is 0.245 e. The van der Waals surface area contributed by atoms with Crippen LogP contribution in [0.15, 0.2) is 24.3 Å². The second kappa shape index (κ2) is 6.45. The molecule has 0 aliphatic heterocycles. The average molecular weight is 319 g/mol. The number of anilines is 1. The molecule has 7 heteroatoms. The molecule has 0 bridgehead atoms. The van der Waals surface area contributed by atoms with Gasteiger partial charge in [-0.3, -0.25) is 9.10 Å². The van der Waals surface area contributed by atoms with E-state index in [0.717, 1.165) is 10.6 Å².